The summed E-state index contributed by atoms with van der Waals surface area (Å²) in [4.78, 5) is 14.1. The van der Waals surface area contributed by atoms with Crippen LogP contribution < -0.4 is 0 Å². The van der Waals surface area contributed by atoms with E-state index < -0.39 is 46.8 Å². The summed E-state index contributed by atoms with van der Waals surface area (Å²) in [6.45, 7) is 0. The highest BCUT2D eigenvalue weighted by molar-refractivity contribution is 6.32. The van der Waals surface area contributed by atoms with Gasteiger partial charge in [-0.15, -0.1) is 0 Å². The molecule has 0 spiro atoms. The molecule has 0 radical (unpaired) electrons. The lowest BCUT2D eigenvalue weighted by Crippen LogP contribution is -2.14. The first kappa shape index (κ1) is 15.6. The van der Waals surface area contributed by atoms with Crippen molar-refractivity contribution in [2.24, 2.45) is 0 Å². The average Bonchev–Trinajstić information content (AvgIpc) is 2.29. The average molecular weight is 304 g/mol. The minimum atomic E-state index is -4.85. The first-order chi connectivity index (χ1) is 8.68. The molecule has 19 heavy (non-hydrogen) atoms. The summed E-state index contributed by atoms with van der Waals surface area (Å²) in [7, 11) is 0.972. The maximum atomic E-state index is 12.6. The Labute approximate surface area is 109 Å². The van der Waals surface area contributed by atoms with Gasteiger partial charge in [-0.05, 0) is 0 Å². The monoisotopic (exact) mass is 303 g/mol. The quantitative estimate of drug-likeness (QED) is 0.634. The Kier molecular flexibility index (Phi) is 4.67. The molecule has 0 aliphatic rings. The molecule has 0 unspecified atom stereocenters. The van der Waals surface area contributed by atoms with Crippen molar-refractivity contribution in [2.45, 2.75) is 19.0 Å². The summed E-state index contributed by atoms with van der Waals surface area (Å²) in [6.07, 6.45) is -8.61. The van der Waals surface area contributed by atoms with E-state index >= 15 is 0 Å². The standard InChI is InChI=1S/C10H7ClF5NO2/c1-19-6(18)2-4-7(11)5(10(14,15)16)3-17-8(4)9(12)13/h3,9H,2H2,1H3. The van der Waals surface area contributed by atoms with E-state index in [9.17, 15) is 26.7 Å². The lowest BCUT2D eigenvalue weighted by Gasteiger charge is -2.14. The molecule has 106 valence electrons. The fourth-order valence-electron chi connectivity index (χ4n) is 1.31. The molecular formula is C10H7ClF5NO2. The number of hydrogen-bond acceptors (Lipinski definition) is 3. The highest BCUT2D eigenvalue weighted by atomic mass is 35.5. The van der Waals surface area contributed by atoms with Gasteiger partial charge in [-0.1, -0.05) is 11.6 Å². The van der Waals surface area contributed by atoms with Crippen molar-refractivity contribution in [3.63, 3.8) is 0 Å². The number of nitrogens with zero attached hydrogens (tertiary/aromatic N) is 1. The minimum absolute atomic E-state index is 0.213. The van der Waals surface area contributed by atoms with Gasteiger partial charge in [-0.3, -0.25) is 9.78 Å². The molecule has 0 N–H and O–H groups in total. The van der Waals surface area contributed by atoms with Gasteiger partial charge in [0.1, 0.15) is 5.69 Å². The van der Waals surface area contributed by atoms with Crippen LogP contribution in [0.15, 0.2) is 6.20 Å². The minimum Gasteiger partial charge on any atom is -0.469 e. The van der Waals surface area contributed by atoms with Gasteiger partial charge in [0, 0.05) is 11.8 Å². The number of carbonyl (C=O) groups excluding carboxylic acids is 1. The third-order valence-corrected chi connectivity index (χ3v) is 2.64. The van der Waals surface area contributed by atoms with Crippen LogP contribution in [0, 0.1) is 0 Å². The lowest BCUT2D eigenvalue weighted by molar-refractivity contribution is -0.140. The van der Waals surface area contributed by atoms with E-state index in [0.717, 1.165) is 7.11 Å². The molecule has 1 rings (SSSR count). The van der Waals surface area contributed by atoms with Crippen LogP contribution in [0.1, 0.15) is 23.2 Å². The Balaban J connectivity index is 3.40. The zero-order valence-corrected chi connectivity index (χ0v) is 10.1. The van der Waals surface area contributed by atoms with Gasteiger partial charge in [-0.25, -0.2) is 8.78 Å². The fraction of sp³-hybridized carbons (Fsp3) is 0.400. The molecule has 9 heteroatoms. The number of carbonyl (C=O) groups is 1. The molecule has 0 amide bonds. The second kappa shape index (κ2) is 5.68. The van der Waals surface area contributed by atoms with Crippen molar-refractivity contribution in [1.82, 2.24) is 4.98 Å². The Morgan fingerprint density at radius 1 is 1.47 bits per heavy atom. The number of rotatable bonds is 3. The molecule has 1 aromatic heterocycles. The molecule has 0 saturated heterocycles. The van der Waals surface area contributed by atoms with Gasteiger partial charge >= 0.3 is 12.1 Å². The molecule has 0 atom stereocenters. The number of methoxy groups -OCH3 is 1. The smallest absolute Gasteiger partial charge is 0.419 e. The molecular weight excluding hydrogens is 297 g/mol. The Bertz CT molecular complexity index is 490. The van der Waals surface area contributed by atoms with E-state index in [-0.39, 0.29) is 6.20 Å². The van der Waals surface area contributed by atoms with Crippen LogP contribution >= 0.6 is 11.6 Å². The number of esters is 1. The third-order valence-electron chi connectivity index (χ3n) is 2.20. The zero-order valence-electron chi connectivity index (χ0n) is 9.39. The van der Waals surface area contributed by atoms with Crippen LogP contribution in [0.3, 0.4) is 0 Å². The Morgan fingerprint density at radius 2 is 2.05 bits per heavy atom. The first-order valence-electron chi connectivity index (χ1n) is 4.78. The van der Waals surface area contributed by atoms with E-state index in [2.05, 4.69) is 9.72 Å². The highest BCUT2D eigenvalue weighted by Gasteiger charge is 2.36. The molecule has 0 bridgehead atoms. The number of pyridine rings is 1. The number of halogens is 6. The SMILES string of the molecule is COC(=O)Cc1c(C(F)F)ncc(C(F)(F)F)c1Cl. The molecule has 1 aromatic rings. The Morgan fingerprint density at radius 3 is 2.47 bits per heavy atom. The van der Waals surface area contributed by atoms with E-state index in [1.54, 1.807) is 0 Å². The van der Waals surface area contributed by atoms with Gasteiger partial charge in [0.15, 0.2) is 0 Å². The Hall–Kier alpha value is -1.44. The van der Waals surface area contributed by atoms with Crippen LogP contribution in [0.2, 0.25) is 5.02 Å². The van der Waals surface area contributed by atoms with E-state index in [1.165, 1.54) is 0 Å². The first-order valence-corrected chi connectivity index (χ1v) is 5.15. The summed E-state index contributed by atoms with van der Waals surface area (Å²) >= 11 is 5.44. The lowest BCUT2D eigenvalue weighted by atomic mass is 10.1. The van der Waals surface area contributed by atoms with Crippen molar-refractivity contribution in [3.05, 3.63) is 28.0 Å². The van der Waals surface area contributed by atoms with Crippen molar-refractivity contribution in [3.8, 4) is 0 Å². The number of alkyl halides is 5. The molecule has 1 heterocycles. The van der Waals surface area contributed by atoms with Gasteiger partial charge in [-0.2, -0.15) is 13.2 Å². The normalized spacial score (nSPS) is 11.8. The molecule has 0 saturated carbocycles. The van der Waals surface area contributed by atoms with Crippen LogP contribution in [0.25, 0.3) is 0 Å². The summed E-state index contributed by atoms with van der Waals surface area (Å²) in [6, 6.07) is 0. The topological polar surface area (TPSA) is 39.2 Å². The predicted octanol–water partition coefficient (Wildman–Crippen LogP) is 3.41. The fourth-order valence-corrected chi connectivity index (χ4v) is 1.63. The zero-order chi connectivity index (χ0) is 14.8. The highest BCUT2D eigenvalue weighted by Crippen LogP contribution is 2.38. The largest absolute Gasteiger partial charge is 0.469 e. The van der Waals surface area contributed by atoms with E-state index in [1.807, 2.05) is 0 Å². The van der Waals surface area contributed by atoms with Crippen LogP contribution in [-0.2, 0) is 22.1 Å². The molecule has 0 aromatic carbocycles. The summed E-state index contributed by atoms with van der Waals surface area (Å²) in [5.74, 6) is -0.995. The van der Waals surface area contributed by atoms with Crippen molar-refractivity contribution >= 4 is 17.6 Å². The van der Waals surface area contributed by atoms with Gasteiger partial charge < -0.3 is 4.74 Å². The predicted molar refractivity (Wildman–Crippen MR) is 54.9 cm³/mol. The summed E-state index contributed by atoms with van der Waals surface area (Å²) in [5, 5.41) is -0.969. The van der Waals surface area contributed by atoms with Gasteiger partial charge in [0.05, 0.1) is 24.1 Å². The van der Waals surface area contributed by atoms with Crippen molar-refractivity contribution in [2.75, 3.05) is 7.11 Å². The van der Waals surface area contributed by atoms with Crippen LogP contribution in [-0.4, -0.2) is 18.1 Å². The second-order valence-electron chi connectivity index (χ2n) is 3.40. The number of hydrogen-bond donors (Lipinski definition) is 0. The van der Waals surface area contributed by atoms with Crippen molar-refractivity contribution in [1.29, 1.82) is 0 Å². The summed E-state index contributed by atoms with van der Waals surface area (Å²) < 4.78 is 67.1. The third kappa shape index (κ3) is 3.52. The van der Waals surface area contributed by atoms with Gasteiger partial charge in [0.25, 0.3) is 6.43 Å². The maximum Gasteiger partial charge on any atom is 0.419 e. The van der Waals surface area contributed by atoms with Crippen molar-refractivity contribution < 1.29 is 31.5 Å². The number of ether oxygens (including phenoxy) is 1. The molecule has 0 aliphatic carbocycles. The van der Waals surface area contributed by atoms with Gasteiger partial charge in [0.2, 0.25) is 0 Å². The molecule has 3 nitrogen and oxygen atoms in total. The van der Waals surface area contributed by atoms with Crippen LogP contribution in [0.4, 0.5) is 22.0 Å². The maximum absolute atomic E-state index is 12.6. The molecule has 0 aliphatic heterocycles. The second-order valence-corrected chi connectivity index (χ2v) is 3.78. The number of aromatic nitrogens is 1. The van der Waals surface area contributed by atoms with E-state index in [0.29, 0.717) is 0 Å². The van der Waals surface area contributed by atoms with E-state index in [4.69, 9.17) is 11.6 Å². The van der Waals surface area contributed by atoms with Crippen LogP contribution in [0.5, 0.6) is 0 Å². The summed E-state index contributed by atoms with van der Waals surface area (Å²) in [5.41, 5.74) is -3.03. The molecule has 0 fully saturated rings.